The largest absolute Gasteiger partial charge is 0.359 e. The van der Waals surface area contributed by atoms with Gasteiger partial charge in [0, 0.05) is 6.54 Å². The first-order valence-corrected chi connectivity index (χ1v) is 6.08. The predicted molar refractivity (Wildman–Crippen MR) is 72.0 cm³/mol. The van der Waals surface area contributed by atoms with Gasteiger partial charge in [-0.2, -0.15) is 0 Å². The van der Waals surface area contributed by atoms with Gasteiger partial charge in [-0.3, -0.25) is 4.79 Å². The Kier molecular flexibility index (Phi) is 5.47. The first kappa shape index (κ1) is 13.5. The lowest BCUT2D eigenvalue weighted by Gasteiger charge is -2.18. The number of hydrogen-bond donors (Lipinski definition) is 1. The summed E-state index contributed by atoms with van der Waals surface area (Å²) in [5, 5.41) is 2.43. The van der Waals surface area contributed by atoms with E-state index in [0.717, 1.165) is 19.4 Å². The summed E-state index contributed by atoms with van der Waals surface area (Å²) < 4.78 is 0. The molecule has 0 spiro atoms. The summed E-state index contributed by atoms with van der Waals surface area (Å²) in [6, 6.07) is 8.75. The first-order valence-electron chi connectivity index (χ1n) is 6.08. The van der Waals surface area contributed by atoms with Crippen LogP contribution in [0.2, 0.25) is 0 Å². The topological polar surface area (TPSA) is 29.1 Å². The van der Waals surface area contributed by atoms with Gasteiger partial charge in [0.25, 0.3) is 0 Å². The highest BCUT2D eigenvalue weighted by Gasteiger charge is 2.10. The maximum Gasteiger partial charge on any atom is 0.207 e. The lowest BCUT2D eigenvalue weighted by molar-refractivity contribution is -0.109. The Morgan fingerprint density at radius 2 is 1.59 bits per heavy atom. The van der Waals surface area contributed by atoms with Crippen LogP contribution in [0, 0.1) is 0 Å². The average molecular weight is 231 g/mol. The lowest BCUT2D eigenvalue weighted by atomic mass is 9.88. The molecule has 1 aromatic carbocycles. The Labute approximate surface area is 104 Å². The van der Waals surface area contributed by atoms with Crippen LogP contribution in [-0.4, -0.2) is 13.0 Å². The zero-order chi connectivity index (χ0) is 12.7. The molecule has 1 N–H and O–H groups in total. The standard InChI is InChI=1S/C12H14.C3H7NO/c1-9-7-11-5-3-4-6-12(11)8-10(9)2;1-2-4-3-5/h3-6H,7-8H2,1-2H3;3H,2H2,1H3,(H,4,5). The molecule has 0 saturated carbocycles. The van der Waals surface area contributed by atoms with Crippen LogP contribution in [0.5, 0.6) is 0 Å². The number of amides is 1. The van der Waals surface area contributed by atoms with Crippen molar-refractivity contribution in [1.82, 2.24) is 5.32 Å². The molecule has 0 fully saturated rings. The monoisotopic (exact) mass is 231 g/mol. The first-order chi connectivity index (χ1) is 8.19. The third-order valence-corrected chi connectivity index (χ3v) is 3.05. The normalized spacial score (nSPS) is 13.4. The highest BCUT2D eigenvalue weighted by Crippen LogP contribution is 2.24. The lowest BCUT2D eigenvalue weighted by Crippen LogP contribution is -2.07. The van der Waals surface area contributed by atoms with Gasteiger partial charge in [0.05, 0.1) is 0 Å². The zero-order valence-electron chi connectivity index (χ0n) is 10.9. The molecule has 0 radical (unpaired) electrons. The molecule has 1 aromatic rings. The van der Waals surface area contributed by atoms with Crippen LogP contribution < -0.4 is 5.32 Å². The molecule has 0 aliphatic heterocycles. The average Bonchev–Trinajstić information content (AvgIpc) is 2.32. The number of carbonyl (C=O) groups is 1. The summed E-state index contributed by atoms with van der Waals surface area (Å²) >= 11 is 0. The van der Waals surface area contributed by atoms with Gasteiger partial charge in [0.2, 0.25) is 6.41 Å². The van der Waals surface area contributed by atoms with Crippen molar-refractivity contribution in [2.24, 2.45) is 0 Å². The Morgan fingerprint density at radius 3 is 1.88 bits per heavy atom. The van der Waals surface area contributed by atoms with Crippen molar-refractivity contribution >= 4 is 6.41 Å². The quantitative estimate of drug-likeness (QED) is 0.615. The Balaban J connectivity index is 0.000000249. The molecule has 17 heavy (non-hydrogen) atoms. The van der Waals surface area contributed by atoms with E-state index in [0.29, 0.717) is 6.41 Å². The van der Waals surface area contributed by atoms with Gasteiger partial charge in [0.15, 0.2) is 0 Å². The summed E-state index contributed by atoms with van der Waals surface area (Å²) in [7, 11) is 0. The highest BCUT2D eigenvalue weighted by molar-refractivity contribution is 5.45. The second-order valence-corrected chi connectivity index (χ2v) is 4.36. The molecule has 1 aliphatic carbocycles. The van der Waals surface area contributed by atoms with Gasteiger partial charge in [-0.1, -0.05) is 35.4 Å². The molecule has 0 heterocycles. The molecule has 2 nitrogen and oxygen atoms in total. The maximum atomic E-state index is 9.29. The van der Waals surface area contributed by atoms with Crippen molar-refractivity contribution in [3.8, 4) is 0 Å². The number of fused-ring (bicyclic) bond motifs is 1. The number of rotatable bonds is 2. The van der Waals surface area contributed by atoms with Gasteiger partial charge in [-0.05, 0) is 44.7 Å². The second-order valence-electron chi connectivity index (χ2n) is 4.36. The van der Waals surface area contributed by atoms with Crippen LogP contribution >= 0.6 is 0 Å². The fourth-order valence-electron chi connectivity index (χ4n) is 1.86. The van der Waals surface area contributed by atoms with Crippen molar-refractivity contribution in [2.45, 2.75) is 33.6 Å². The van der Waals surface area contributed by atoms with E-state index >= 15 is 0 Å². The number of carbonyl (C=O) groups excluding carboxylic acids is 1. The van der Waals surface area contributed by atoms with E-state index in [-0.39, 0.29) is 0 Å². The van der Waals surface area contributed by atoms with E-state index in [1.807, 2.05) is 6.92 Å². The maximum absolute atomic E-state index is 9.29. The van der Waals surface area contributed by atoms with Gasteiger partial charge < -0.3 is 5.32 Å². The molecule has 1 amide bonds. The fourth-order valence-corrected chi connectivity index (χ4v) is 1.86. The number of nitrogens with one attached hydrogen (secondary N) is 1. The zero-order valence-corrected chi connectivity index (χ0v) is 10.9. The fraction of sp³-hybridized carbons (Fsp3) is 0.400. The van der Waals surface area contributed by atoms with E-state index in [1.54, 1.807) is 11.1 Å². The molecule has 2 rings (SSSR count). The van der Waals surface area contributed by atoms with Crippen LogP contribution in [0.3, 0.4) is 0 Å². The van der Waals surface area contributed by atoms with Crippen molar-refractivity contribution in [3.63, 3.8) is 0 Å². The second kappa shape index (κ2) is 6.89. The van der Waals surface area contributed by atoms with Crippen molar-refractivity contribution in [3.05, 3.63) is 46.5 Å². The molecule has 0 atom stereocenters. The van der Waals surface area contributed by atoms with Crippen LogP contribution in [0.4, 0.5) is 0 Å². The number of hydrogen-bond acceptors (Lipinski definition) is 1. The Morgan fingerprint density at radius 1 is 1.12 bits per heavy atom. The minimum atomic E-state index is 0.681. The summed E-state index contributed by atoms with van der Waals surface area (Å²) in [5.74, 6) is 0. The van der Waals surface area contributed by atoms with E-state index < -0.39 is 0 Å². The van der Waals surface area contributed by atoms with Gasteiger partial charge in [-0.25, -0.2) is 0 Å². The van der Waals surface area contributed by atoms with Crippen LogP contribution in [-0.2, 0) is 17.6 Å². The minimum absolute atomic E-state index is 0.681. The summed E-state index contributed by atoms with van der Waals surface area (Å²) in [4.78, 5) is 9.29. The van der Waals surface area contributed by atoms with E-state index in [4.69, 9.17) is 0 Å². The number of benzene rings is 1. The van der Waals surface area contributed by atoms with Gasteiger partial charge in [-0.15, -0.1) is 0 Å². The molecular formula is C15H21NO. The molecule has 0 saturated heterocycles. The Bertz CT molecular complexity index is 374. The predicted octanol–water partition coefficient (Wildman–Crippen LogP) is 2.87. The smallest absolute Gasteiger partial charge is 0.207 e. The molecule has 0 bridgehead atoms. The summed E-state index contributed by atoms with van der Waals surface area (Å²) in [6.07, 6.45) is 2.99. The van der Waals surface area contributed by atoms with Crippen molar-refractivity contribution < 1.29 is 4.79 Å². The molecule has 0 unspecified atom stereocenters. The van der Waals surface area contributed by atoms with Crippen LogP contribution in [0.25, 0.3) is 0 Å². The molecular weight excluding hydrogens is 210 g/mol. The molecule has 2 heteroatoms. The van der Waals surface area contributed by atoms with Gasteiger partial charge in [0.1, 0.15) is 0 Å². The third-order valence-electron chi connectivity index (χ3n) is 3.05. The number of allylic oxidation sites excluding steroid dienone is 2. The molecule has 1 aliphatic rings. The third kappa shape index (κ3) is 4.06. The van der Waals surface area contributed by atoms with E-state index in [1.165, 1.54) is 11.1 Å². The SMILES string of the molecule is CC1=C(C)Cc2ccccc2C1.CCNC=O. The van der Waals surface area contributed by atoms with Crippen LogP contribution in [0.1, 0.15) is 31.9 Å². The molecule has 92 valence electrons. The summed E-state index contributed by atoms with van der Waals surface area (Å²) in [6.45, 7) is 7.08. The van der Waals surface area contributed by atoms with Crippen LogP contribution in [0.15, 0.2) is 35.4 Å². The highest BCUT2D eigenvalue weighted by atomic mass is 16.1. The minimum Gasteiger partial charge on any atom is -0.359 e. The molecule has 0 aromatic heterocycles. The van der Waals surface area contributed by atoms with E-state index in [2.05, 4.69) is 43.4 Å². The van der Waals surface area contributed by atoms with Crippen molar-refractivity contribution in [1.29, 1.82) is 0 Å². The summed E-state index contributed by atoms with van der Waals surface area (Å²) in [5.41, 5.74) is 6.13. The van der Waals surface area contributed by atoms with Crippen molar-refractivity contribution in [2.75, 3.05) is 6.54 Å². The van der Waals surface area contributed by atoms with E-state index in [9.17, 15) is 4.79 Å². The van der Waals surface area contributed by atoms with Gasteiger partial charge >= 0.3 is 0 Å². The Hall–Kier alpha value is -1.57.